The summed E-state index contributed by atoms with van der Waals surface area (Å²) in [4.78, 5) is 41.9. The quantitative estimate of drug-likeness (QED) is 0.646. The number of nitrogens with zero attached hydrogens (tertiary/aromatic N) is 2. The second kappa shape index (κ2) is 9.01. The van der Waals surface area contributed by atoms with Gasteiger partial charge >= 0.3 is 6.03 Å². The molecule has 4 rings (SSSR count). The Balaban J connectivity index is 1.51. The van der Waals surface area contributed by atoms with Gasteiger partial charge in [0.05, 0.1) is 20.8 Å². The van der Waals surface area contributed by atoms with Crippen LogP contribution in [0.3, 0.4) is 0 Å². The Morgan fingerprint density at radius 3 is 2.64 bits per heavy atom. The van der Waals surface area contributed by atoms with Gasteiger partial charge in [-0.25, -0.2) is 4.79 Å². The van der Waals surface area contributed by atoms with Gasteiger partial charge in [0.1, 0.15) is 12.3 Å². The number of fused-ring (bicyclic) bond motifs is 2. The number of hydrogen-bond acceptors (Lipinski definition) is 6. The van der Waals surface area contributed by atoms with Crippen LogP contribution in [-0.2, 0) is 21.7 Å². The fourth-order valence-electron chi connectivity index (χ4n) is 4.33. The first-order valence-electron chi connectivity index (χ1n) is 10.8. The Kier molecular flexibility index (Phi) is 6.13. The molecule has 9 heteroatoms. The largest absolute Gasteiger partial charge is 0.493 e. The molecule has 1 fully saturated rings. The van der Waals surface area contributed by atoms with Gasteiger partial charge in [0.2, 0.25) is 5.91 Å². The monoisotopic (exact) mass is 453 g/mol. The SMILES string of the molecule is CCN(Cc1ccc(OC)c(OC)c1)C(=O)CN1C(=O)NC2(CCOc3ccccc32)C1=O. The van der Waals surface area contributed by atoms with Crippen LogP contribution in [0.5, 0.6) is 17.2 Å². The molecule has 2 aromatic carbocycles. The Bertz CT molecular complexity index is 1090. The summed E-state index contributed by atoms with van der Waals surface area (Å²) in [5.74, 6) is 0.964. The van der Waals surface area contributed by atoms with E-state index >= 15 is 0 Å². The average Bonchev–Trinajstić information content (AvgIpc) is 3.07. The lowest BCUT2D eigenvalue weighted by Crippen LogP contribution is -2.48. The molecule has 4 amide bonds. The molecule has 2 aliphatic heterocycles. The van der Waals surface area contributed by atoms with E-state index in [1.807, 2.05) is 19.1 Å². The average molecular weight is 453 g/mol. The molecule has 0 radical (unpaired) electrons. The van der Waals surface area contributed by atoms with Crippen molar-refractivity contribution in [1.29, 1.82) is 0 Å². The second-order valence-corrected chi connectivity index (χ2v) is 7.92. The molecule has 1 N–H and O–H groups in total. The Morgan fingerprint density at radius 2 is 1.91 bits per heavy atom. The molecule has 1 atom stereocenters. The van der Waals surface area contributed by atoms with Crippen molar-refractivity contribution in [3.05, 3.63) is 53.6 Å². The Labute approximate surface area is 192 Å². The van der Waals surface area contributed by atoms with E-state index in [4.69, 9.17) is 14.2 Å². The van der Waals surface area contributed by atoms with Gasteiger partial charge in [-0.05, 0) is 30.7 Å². The molecule has 1 spiro atoms. The number of imide groups is 1. The minimum Gasteiger partial charge on any atom is -0.493 e. The molecule has 0 aromatic heterocycles. The number of carbonyl (C=O) groups is 3. The summed E-state index contributed by atoms with van der Waals surface area (Å²) in [6, 6.07) is 12.0. The molecule has 0 aliphatic carbocycles. The maximum Gasteiger partial charge on any atom is 0.325 e. The van der Waals surface area contributed by atoms with Crippen LogP contribution in [0.4, 0.5) is 4.79 Å². The summed E-state index contributed by atoms with van der Waals surface area (Å²) in [5, 5.41) is 2.82. The third-order valence-corrected chi connectivity index (χ3v) is 6.11. The number of methoxy groups -OCH3 is 2. The Morgan fingerprint density at radius 1 is 1.15 bits per heavy atom. The molecular formula is C24H27N3O6. The van der Waals surface area contributed by atoms with Crippen LogP contribution in [0.15, 0.2) is 42.5 Å². The number of benzene rings is 2. The summed E-state index contributed by atoms with van der Waals surface area (Å²) in [7, 11) is 3.10. The Hall–Kier alpha value is -3.75. The third-order valence-electron chi connectivity index (χ3n) is 6.11. The van der Waals surface area contributed by atoms with Gasteiger partial charge in [-0.2, -0.15) is 0 Å². The van der Waals surface area contributed by atoms with Crippen LogP contribution in [-0.4, -0.2) is 61.6 Å². The minimum absolute atomic E-state index is 0.297. The number of nitrogens with one attached hydrogen (secondary N) is 1. The number of hydrogen-bond donors (Lipinski definition) is 1. The van der Waals surface area contributed by atoms with E-state index in [2.05, 4.69) is 5.32 Å². The van der Waals surface area contributed by atoms with Crippen LogP contribution in [0.1, 0.15) is 24.5 Å². The van der Waals surface area contributed by atoms with Crippen LogP contribution in [0.2, 0.25) is 0 Å². The number of rotatable bonds is 7. The van der Waals surface area contributed by atoms with Crippen LogP contribution < -0.4 is 19.5 Å². The lowest BCUT2D eigenvalue weighted by molar-refractivity contribution is -0.140. The summed E-state index contributed by atoms with van der Waals surface area (Å²) in [6.45, 7) is 2.53. The number of amides is 4. The minimum atomic E-state index is -1.20. The van der Waals surface area contributed by atoms with Gasteiger partial charge in [-0.15, -0.1) is 0 Å². The van der Waals surface area contributed by atoms with Crippen molar-refractivity contribution in [1.82, 2.24) is 15.1 Å². The van der Waals surface area contributed by atoms with E-state index in [0.29, 0.717) is 48.9 Å². The molecule has 0 saturated carbocycles. The highest BCUT2D eigenvalue weighted by Gasteiger charge is 2.55. The van der Waals surface area contributed by atoms with Gasteiger partial charge in [0.25, 0.3) is 5.91 Å². The number of likely N-dealkylation sites (N-methyl/N-ethyl adjacent to an activating group) is 1. The zero-order valence-corrected chi connectivity index (χ0v) is 18.9. The van der Waals surface area contributed by atoms with Crippen molar-refractivity contribution in [3.8, 4) is 17.2 Å². The molecular weight excluding hydrogens is 426 g/mol. The van der Waals surface area contributed by atoms with Crippen molar-refractivity contribution >= 4 is 17.8 Å². The van der Waals surface area contributed by atoms with Crippen molar-refractivity contribution in [2.45, 2.75) is 25.4 Å². The van der Waals surface area contributed by atoms with Crippen LogP contribution in [0.25, 0.3) is 0 Å². The molecule has 2 aromatic rings. The van der Waals surface area contributed by atoms with E-state index in [9.17, 15) is 14.4 Å². The predicted octanol–water partition coefficient (Wildman–Crippen LogP) is 2.28. The highest BCUT2D eigenvalue weighted by Crippen LogP contribution is 2.41. The van der Waals surface area contributed by atoms with E-state index in [-0.39, 0.29) is 12.5 Å². The molecule has 1 unspecified atom stereocenters. The van der Waals surface area contributed by atoms with Crippen molar-refractivity contribution in [2.75, 3.05) is 33.9 Å². The summed E-state index contributed by atoms with van der Waals surface area (Å²) in [5.41, 5.74) is 0.254. The second-order valence-electron chi connectivity index (χ2n) is 7.92. The van der Waals surface area contributed by atoms with Crippen LogP contribution >= 0.6 is 0 Å². The van der Waals surface area contributed by atoms with Gasteiger partial charge in [-0.1, -0.05) is 24.3 Å². The molecule has 2 heterocycles. The fourth-order valence-corrected chi connectivity index (χ4v) is 4.33. The predicted molar refractivity (Wildman–Crippen MR) is 119 cm³/mol. The maximum absolute atomic E-state index is 13.4. The lowest BCUT2D eigenvalue weighted by Gasteiger charge is -2.33. The maximum atomic E-state index is 13.4. The molecule has 9 nitrogen and oxygen atoms in total. The van der Waals surface area contributed by atoms with Gasteiger partial charge in [0, 0.05) is 25.1 Å². The zero-order valence-electron chi connectivity index (χ0n) is 18.9. The van der Waals surface area contributed by atoms with E-state index in [0.717, 1.165) is 10.5 Å². The van der Waals surface area contributed by atoms with Gasteiger partial charge in [0.15, 0.2) is 17.0 Å². The highest BCUT2D eigenvalue weighted by atomic mass is 16.5. The topological polar surface area (TPSA) is 97.4 Å². The van der Waals surface area contributed by atoms with Gasteiger partial charge in [-0.3, -0.25) is 14.5 Å². The van der Waals surface area contributed by atoms with Crippen molar-refractivity contribution in [3.63, 3.8) is 0 Å². The normalized spacial score (nSPS) is 19.1. The molecule has 2 aliphatic rings. The molecule has 0 bridgehead atoms. The fraction of sp³-hybridized carbons (Fsp3) is 0.375. The smallest absolute Gasteiger partial charge is 0.325 e. The number of carbonyl (C=O) groups excluding carboxylic acids is 3. The first-order valence-corrected chi connectivity index (χ1v) is 10.8. The van der Waals surface area contributed by atoms with Crippen molar-refractivity contribution < 1.29 is 28.6 Å². The third kappa shape index (κ3) is 3.94. The first-order chi connectivity index (χ1) is 15.9. The van der Waals surface area contributed by atoms with E-state index < -0.39 is 17.5 Å². The summed E-state index contributed by atoms with van der Waals surface area (Å²) >= 11 is 0. The number of para-hydroxylation sites is 1. The summed E-state index contributed by atoms with van der Waals surface area (Å²) in [6.07, 6.45) is 0.308. The summed E-state index contributed by atoms with van der Waals surface area (Å²) < 4.78 is 16.2. The zero-order chi connectivity index (χ0) is 23.6. The standard InChI is InChI=1S/C24H27N3O6/c1-4-26(14-16-9-10-19(31-2)20(13-16)32-3)21(28)15-27-22(29)24(25-23(27)30)11-12-33-18-8-6-5-7-17(18)24/h5-10,13H,4,11-12,14-15H2,1-3H3,(H,25,30). The van der Waals surface area contributed by atoms with E-state index in [1.54, 1.807) is 49.5 Å². The molecule has 1 saturated heterocycles. The molecule has 174 valence electrons. The first kappa shape index (κ1) is 22.4. The van der Waals surface area contributed by atoms with Gasteiger partial charge < -0.3 is 24.4 Å². The van der Waals surface area contributed by atoms with Crippen LogP contribution in [0, 0.1) is 0 Å². The van der Waals surface area contributed by atoms with E-state index in [1.165, 1.54) is 0 Å². The lowest BCUT2D eigenvalue weighted by atomic mass is 9.84. The number of urea groups is 1. The van der Waals surface area contributed by atoms with Crippen molar-refractivity contribution in [2.24, 2.45) is 0 Å². The highest BCUT2D eigenvalue weighted by molar-refractivity contribution is 6.09. The molecule has 33 heavy (non-hydrogen) atoms. The number of ether oxygens (including phenoxy) is 3.